The number of nitrogens with one attached hydrogen (secondary N) is 2. The Hall–Kier alpha value is -2.81. The van der Waals surface area contributed by atoms with Crippen LogP contribution in [0.5, 0.6) is 5.88 Å². The number of nitro groups is 1. The number of nitrogens with two attached hydrogens (primary N) is 1. The molecule has 0 spiro atoms. The number of nitrogens with zero attached hydrogens (tertiary/aromatic N) is 3. The molecule has 0 bridgehead atoms. The first kappa shape index (κ1) is 13.6. The minimum Gasteiger partial charge on any atom is -0.481 e. The van der Waals surface area contributed by atoms with Crippen LogP contribution in [-0.2, 0) is 7.05 Å². The van der Waals surface area contributed by atoms with Crippen molar-refractivity contribution in [2.75, 3.05) is 17.9 Å². The molecule has 0 fully saturated rings. The molecule has 0 radical (unpaired) electrons. The van der Waals surface area contributed by atoms with Crippen LogP contribution >= 0.6 is 0 Å². The molecule has 9 heteroatoms. The van der Waals surface area contributed by atoms with E-state index in [4.69, 9.17) is 10.6 Å². The first-order chi connectivity index (χ1) is 9.53. The molecular weight excluding hydrogens is 264 g/mol. The van der Waals surface area contributed by atoms with Crippen molar-refractivity contribution in [3.8, 4) is 5.88 Å². The minimum atomic E-state index is -0.495. The Balaban J connectivity index is 2.32. The molecule has 0 amide bonds. The number of nitrogen functional groups attached to an aromatic ring is 1. The van der Waals surface area contributed by atoms with Gasteiger partial charge in [-0.2, -0.15) is 5.10 Å². The van der Waals surface area contributed by atoms with Crippen LogP contribution in [0.4, 0.5) is 22.9 Å². The first-order valence-electron chi connectivity index (χ1n) is 5.64. The van der Waals surface area contributed by atoms with E-state index in [2.05, 4.69) is 15.8 Å². The SMILES string of the molecule is COc1cc(Nc2cc(NN)cc([N+](=O)[O-])c2)nn1C. The molecule has 4 N–H and O–H groups in total. The van der Waals surface area contributed by atoms with Gasteiger partial charge in [-0.05, 0) is 6.07 Å². The Morgan fingerprint density at radius 3 is 2.60 bits per heavy atom. The second kappa shape index (κ2) is 5.45. The van der Waals surface area contributed by atoms with Crippen molar-refractivity contribution in [1.29, 1.82) is 0 Å². The van der Waals surface area contributed by atoms with Gasteiger partial charge in [0.2, 0.25) is 5.88 Å². The van der Waals surface area contributed by atoms with Gasteiger partial charge in [-0.15, -0.1) is 0 Å². The predicted molar refractivity (Wildman–Crippen MR) is 73.9 cm³/mol. The third-order valence-corrected chi connectivity index (χ3v) is 2.61. The number of hydrogen-bond donors (Lipinski definition) is 3. The largest absolute Gasteiger partial charge is 0.481 e. The molecule has 0 saturated heterocycles. The molecule has 0 unspecified atom stereocenters. The van der Waals surface area contributed by atoms with Crippen LogP contribution in [0.1, 0.15) is 0 Å². The third-order valence-electron chi connectivity index (χ3n) is 2.61. The predicted octanol–water partition coefficient (Wildman–Crippen LogP) is 1.37. The highest BCUT2D eigenvalue weighted by molar-refractivity contribution is 5.67. The van der Waals surface area contributed by atoms with Gasteiger partial charge in [-0.1, -0.05) is 0 Å². The number of non-ortho nitro benzene ring substituents is 1. The van der Waals surface area contributed by atoms with E-state index in [1.54, 1.807) is 23.9 Å². The summed E-state index contributed by atoms with van der Waals surface area (Å²) in [5, 5.41) is 18.0. The Labute approximate surface area is 114 Å². The molecule has 20 heavy (non-hydrogen) atoms. The van der Waals surface area contributed by atoms with Gasteiger partial charge in [-0.25, -0.2) is 4.68 Å². The number of hydrogen-bond acceptors (Lipinski definition) is 7. The fourth-order valence-corrected chi connectivity index (χ4v) is 1.72. The van der Waals surface area contributed by atoms with Gasteiger partial charge in [0.25, 0.3) is 5.69 Å². The van der Waals surface area contributed by atoms with Gasteiger partial charge in [0.05, 0.1) is 17.7 Å². The summed E-state index contributed by atoms with van der Waals surface area (Å²) in [6.07, 6.45) is 0. The fourth-order valence-electron chi connectivity index (χ4n) is 1.72. The Morgan fingerprint density at radius 2 is 2.05 bits per heavy atom. The molecule has 2 rings (SSSR count). The molecule has 2 aromatic rings. The maximum absolute atomic E-state index is 10.8. The average Bonchev–Trinajstić information content (AvgIpc) is 2.78. The van der Waals surface area contributed by atoms with Crippen molar-refractivity contribution in [2.24, 2.45) is 12.9 Å². The molecule has 0 atom stereocenters. The topological polar surface area (TPSA) is 120 Å². The number of anilines is 3. The van der Waals surface area contributed by atoms with Gasteiger partial charge in [0.1, 0.15) is 0 Å². The van der Waals surface area contributed by atoms with Crippen LogP contribution in [-0.4, -0.2) is 21.8 Å². The maximum Gasteiger partial charge on any atom is 0.273 e. The smallest absolute Gasteiger partial charge is 0.273 e. The lowest BCUT2D eigenvalue weighted by molar-refractivity contribution is -0.384. The molecule has 0 aliphatic carbocycles. The number of aryl methyl sites for hydroxylation is 1. The van der Waals surface area contributed by atoms with Crippen LogP contribution in [0, 0.1) is 10.1 Å². The highest BCUT2D eigenvalue weighted by atomic mass is 16.6. The Morgan fingerprint density at radius 1 is 1.35 bits per heavy atom. The van der Waals surface area contributed by atoms with Crippen molar-refractivity contribution < 1.29 is 9.66 Å². The van der Waals surface area contributed by atoms with Crippen LogP contribution in [0.25, 0.3) is 0 Å². The number of hydrazine groups is 1. The van der Waals surface area contributed by atoms with E-state index < -0.39 is 4.92 Å². The Kier molecular flexibility index (Phi) is 3.71. The number of rotatable bonds is 5. The summed E-state index contributed by atoms with van der Waals surface area (Å²) in [5.41, 5.74) is 3.22. The normalized spacial score (nSPS) is 10.2. The summed E-state index contributed by atoms with van der Waals surface area (Å²) in [6.45, 7) is 0. The molecular formula is C11H14N6O3. The van der Waals surface area contributed by atoms with Gasteiger partial charge in [-0.3, -0.25) is 16.0 Å². The van der Waals surface area contributed by atoms with E-state index in [0.717, 1.165) is 0 Å². The lowest BCUT2D eigenvalue weighted by Crippen LogP contribution is -2.07. The molecule has 0 aliphatic heterocycles. The molecule has 0 aliphatic rings. The number of ether oxygens (including phenoxy) is 1. The third kappa shape index (κ3) is 2.78. The van der Waals surface area contributed by atoms with E-state index in [0.29, 0.717) is 23.1 Å². The van der Waals surface area contributed by atoms with E-state index in [1.165, 1.54) is 19.2 Å². The zero-order valence-corrected chi connectivity index (χ0v) is 11.0. The number of benzene rings is 1. The summed E-state index contributed by atoms with van der Waals surface area (Å²) in [7, 11) is 3.26. The zero-order valence-electron chi connectivity index (χ0n) is 11.0. The first-order valence-corrected chi connectivity index (χ1v) is 5.64. The molecule has 106 valence electrons. The van der Waals surface area contributed by atoms with Gasteiger partial charge >= 0.3 is 0 Å². The van der Waals surface area contributed by atoms with Crippen molar-refractivity contribution in [2.45, 2.75) is 0 Å². The lowest BCUT2D eigenvalue weighted by atomic mass is 10.2. The number of methoxy groups -OCH3 is 1. The van der Waals surface area contributed by atoms with Gasteiger partial charge in [0, 0.05) is 30.9 Å². The summed E-state index contributed by atoms with van der Waals surface area (Å²) in [5.74, 6) is 6.36. The molecule has 9 nitrogen and oxygen atoms in total. The lowest BCUT2D eigenvalue weighted by Gasteiger charge is -2.06. The van der Waals surface area contributed by atoms with E-state index in [1.807, 2.05) is 0 Å². The van der Waals surface area contributed by atoms with Crippen molar-refractivity contribution in [1.82, 2.24) is 9.78 Å². The maximum atomic E-state index is 10.8. The molecule has 1 aromatic carbocycles. The molecule has 1 aromatic heterocycles. The van der Waals surface area contributed by atoms with Crippen molar-refractivity contribution in [3.05, 3.63) is 34.4 Å². The van der Waals surface area contributed by atoms with Crippen LogP contribution in [0.15, 0.2) is 24.3 Å². The van der Waals surface area contributed by atoms with E-state index in [9.17, 15) is 10.1 Å². The van der Waals surface area contributed by atoms with E-state index in [-0.39, 0.29) is 5.69 Å². The second-order valence-electron chi connectivity index (χ2n) is 3.99. The standard InChI is InChI=1S/C11H14N6O3/c1-16-11(20-2)6-10(15-16)13-7-3-8(14-12)5-9(4-7)17(18)19/h3-6,14H,12H2,1-2H3,(H,13,15). The number of nitro benzene ring substituents is 1. The highest BCUT2D eigenvalue weighted by Crippen LogP contribution is 2.27. The minimum absolute atomic E-state index is 0.0779. The fraction of sp³-hybridized carbons (Fsp3) is 0.182. The monoisotopic (exact) mass is 278 g/mol. The summed E-state index contributed by atoms with van der Waals surface area (Å²) in [4.78, 5) is 10.4. The van der Waals surface area contributed by atoms with Gasteiger partial charge in [0.15, 0.2) is 5.82 Å². The summed E-state index contributed by atoms with van der Waals surface area (Å²) >= 11 is 0. The van der Waals surface area contributed by atoms with Crippen LogP contribution < -0.4 is 21.3 Å². The Bertz CT molecular complexity index is 639. The summed E-state index contributed by atoms with van der Waals surface area (Å²) in [6, 6.07) is 6.04. The van der Waals surface area contributed by atoms with Crippen LogP contribution in [0.2, 0.25) is 0 Å². The highest BCUT2D eigenvalue weighted by Gasteiger charge is 2.11. The average molecular weight is 278 g/mol. The second-order valence-corrected chi connectivity index (χ2v) is 3.99. The molecule has 0 saturated carbocycles. The summed E-state index contributed by atoms with van der Waals surface area (Å²) < 4.78 is 6.63. The quantitative estimate of drug-likeness (QED) is 0.429. The van der Waals surface area contributed by atoms with E-state index >= 15 is 0 Å². The van der Waals surface area contributed by atoms with Crippen molar-refractivity contribution in [3.63, 3.8) is 0 Å². The van der Waals surface area contributed by atoms with Gasteiger partial charge < -0.3 is 15.5 Å². The zero-order chi connectivity index (χ0) is 14.7. The van der Waals surface area contributed by atoms with Crippen LogP contribution in [0.3, 0.4) is 0 Å². The van der Waals surface area contributed by atoms with Crippen molar-refractivity contribution >= 4 is 22.9 Å². The number of aromatic nitrogens is 2. The molecule has 1 heterocycles.